The summed E-state index contributed by atoms with van der Waals surface area (Å²) in [4.78, 5) is 43.8. The van der Waals surface area contributed by atoms with Gasteiger partial charge >= 0.3 is 0 Å². The topological polar surface area (TPSA) is 40.6 Å². The van der Waals surface area contributed by atoms with Crippen molar-refractivity contribution in [3.8, 4) is 19.5 Å². The van der Waals surface area contributed by atoms with E-state index in [1.165, 1.54) is 295 Å². The molecule has 494 valence electrons. The minimum absolute atomic E-state index is 0.0490. The van der Waals surface area contributed by atoms with Gasteiger partial charge in [0.25, 0.3) is 11.8 Å². The van der Waals surface area contributed by atoms with Crippen LogP contribution in [0.5, 0.6) is 0 Å². The molecule has 4 aromatic rings. The summed E-state index contributed by atoms with van der Waals surface area (Å²) in [5.74, 6) is 0.853. The standard InChI is InChI=1S/C78H122Br2N2O2S4/c1-7-13-19-25-29-31-33-35-39-45-51-63-57-69(87-75(63)79)65-53-55-67(85-65)73-71-72(78(84)81(73)59-61(47-41-23-17-11-5)49-43-37-27-21-15-9-3)74(82(77(71)83)60-62(48-42-24-18-12-6)50-44-38-28-22-16-10-4)68-56-54-66(86-68)70-58-64(76(80)88-70)52-46-40-36-34-32-30-26-20-14-8-2/h53-58,61-62H,7-52,59-60H2,1-6H3. The number of rotatable bonds is 54. The Hall–Kier alpha value is -1.82. The summed E-state index contributed by atoms with van der Waals surface area (Å²) < 4.78 is 2.48. The van der Waals surface area contributed by atoms with Gasteiger partial charge in [-0.05, 0) is 143 Å². The molecule has 88 heavy (non-hydrogen) atoms. The molecule has 6 rings (SSSR count). The van der Waals surface area contributed by atoms with Gasteiger partial charge in [0.2, 0.25) is 0 Å². The Bertz CT molecular complexity index is 2440. The van der Waals surface area contributed by atoms with Gasteiger partial charge in [0.15, 0.2) is 0 Å². The van der Waals surface area contributed by atoms with Gasteiger partial charge in [0.1, 0.15) is 0 Å². The molecule has 0 bridgehead atoms. The highest BCUT2D eigenvalue weighted by molar-refractivity contribution is 9.11. The van der Waals surface area contributed by atoms with Crippen LogP contribution >= 0.6 is 77.2 Å². The number of hydrogen-bond acceptors (Lipinski definition) is 6. The van der Waals surface area contributed by atoms with Gasteiger partial charge in [0, 0.05) is 32.6 Å². The first-order valence-electron chi connectivity index (χ1n) is 37.1. The second-order valence-electron chi connectivity index (χ2n) is 26.8. The molecule has 0 aromatic carbocycles. The number of aryl methyl sites for hydroxylation is 2. The molecule has 0 saturated carbocycles. The van der Waals surface area contributed by atoms with Crippen molar-refractivity contribution < 1.29 is 9.59 Å². The first-order valence-corrected chi connectivity index (χ1v) is 41.9. The number of hydrogen-bond donors (Lipinski definition) is 0. The number of carbonyl (C=O) groups excluding carboxylic acids is 2. The van der Waals surface area contributed by atoms with E-state index in [0.717, 1.165) is 59.7 Å². The Morgan fingerprint density at radius 1 is 0.318 bits per heavy atom. The van der Waals surface area contributed by atoms with Crippen molar-refractivity contribution in [1.29, 1.82) is 0 Å². The van der Waals surface area contributed by atoms with Gasteiger partial charge in [-0.15, -0.1) is 45.3 Å². The van der Waals surface area contributed by atoms with Gasteiger partial charge < -0.3 is 9.80 Å². The van der Waals surface area contributed by atoms with Crippen LogP contribution in [0.15, 0.2) is 55.1 Å². The van der Waals surface area contributed by atoms with E-state index in [-0.39, 0.29) is 11.8 Å². The van der Waals surface area contributed by atoms with Crippen LogP contribution in [0.2, 0.25) is 0 Å². The van der Waals surface area contributed by atoms with E-state index in [0.29, 0.717) is 36.1 Å². The van der Waals surface area contributed by atoms with Crippen LogP contribution in [-0.2, 0) is 22.4 Å². The minimum atomic E-state index is 0.0490. The maximum absolute atomic E-state index is 16.2. The van der Waals surface area contributed by atoms with Crippen LogP contribution in [0.3, 0.4) is 0 Å². The highest BCUT2D eigenvalue weighted by Crippen LogP contribution is 2.52. The normalized spacial score (nSPS) is 14.3. The fourth-order valence-corrected chi connectivity index (χ4v) is 19.6. The third kappa shape index (κ3) is 25.1. The number of carbonyl (C=O) groups is 2. The monoisotopic (exact) mass is 1400 g/mol. The Morgan fingerprint density at radius 3 is 0.864 bits per heavy atom. The lowest BCUT2D eigenvalue weighted by atomic mass is 9.93. The molecule has 0 radical (unpaired) electrons. The van der Waals surface area contributed by atoms with Crippen LogP contribution in [-0.4, -0.2) is 34.7 Å². The second-order valence-corrected chi connectivity index (χ2v) is 33.7. The zero-order valence-electron chi connectivity index (χ0n) is 56.7. The van der Waals surface area contributed by atoms with Gasteiger partial charge in [-0.2, -0.15) is 0 Å². The predicted molar refractivity (Wildman–Crippen MR) is 400 cm³/mol. The molecule has 2 unspecified atom stereocenters. The highest BCUT2D eigenvalue weighted by atomic mass is 79.9. The maximum Gasteiger partial charge on any atom is 0.261 e. The number of thiophene rings is 4. The smallest absolute Gasteiger partial charge is 0.261 e. The Labute approximate surface area is 572 Å². The zero-order chi connectivity index (χ0) is 62.6. The van der Waals surface area contributed by atoms with Crippen LogP contribution in [0.25, 0.3) is 30.9 Å². The fraction of sp³-hybridized carbons (Fsp3) is 0.718. The van der Waals surface area contributed by atoms with Crippen molar-refractivity contribution in [1.82, 2.24) is 9.80 Å². The third-order valence-corrected chi connectivity index (χ3v) is 25.7. The largest absolute Gasteiger partial charge is 0.306 e. The number of unbranched alkanes of at least 4 members (excludes halogenated alkanes) is 34. The summed E-state index contributed by atoms with van der Waals surface area (Å²) >= 11 is 15.3. The zero-order valence-corrected chi connectivity index (χ0v) is 63.1. The first-order chi connectivity index (χ1) is 43.2. The van der Waals surface area contributed by atoms with E-state index >= 15 is 9.59 Å². The van der Waals surface area contributed by atoms with Gasteiger partial charge in [0.05, 0.1) is 39.9 Å². The predicted octanol–water partition coefficient (Wildman–Crippen LogP) is 28.2. The van der Waals surface area contributed by atoms with Gasteiger partial charge in [-0.1, -0.05) is 286 Å². The second kappa shape index (κ2) is 44.7. The van der Waals surface area contributed by atoms with E-state index in [1.807, 2.05) is 22.7 Å². The van der Waals surface area contributed by atoms with E-state index in [4.69, 9.17) is 0 Å². The molecule has 4 aromatic heterocycles. The highest BCUT2D eigenvalue weighted by Gasteiger charge is 2.50. The molecule has 10 heteroatoms. The summed E-state index contributed by atoms with van der Waals surface area (Å²) in [6, 6.07) is 14.0. The first kappa shape index (κ1) is 75.2. The van der Waals surface area contributed by atoms with Crippen molar-refractivity contribution in [2.45, 2.75) is 337 Å². The summed E-state index contributed by atoms with van der Waals surface area (Å²) in [5.41, 5.74) is 5.93. The SMILES string of the molecule is CCCCCCCCCCCCc1cc(-c2ccc(C3=C4C(=O)N(CC(CCCCCC)CCCCCCCC)C(c5ccc(-c6cc(CCCCCCCCCCCC)c(Br)s6)s5)=C4C(=O)N3CC(CCCCCC)CCCCCCCC)s2)sc1Br. The average molecular weight is 1410 g/mol. The van der Waals surface area contributed by atoms with Crippen molar-refractivity contribution in [3.05, 3.63) is 76.0 Å². The molecule has 4 nitrogen and oxygen atoms in total. The molecular formula is C78H122Br2N2O2S4. The lowest BCUT2D eigenvalue weighted by Crippen LogP contribution is -2.34. The van der Waals surface area contributed by atoms with E-state index in [2.05, 4.69) is 120 Å². The summed E-state index contributed by atoms with van der Waals surface area (Å²) in [6.07, 6.45) is 58.6. The van der Waals surface area contributed by atoms with Crippen LogP contribution in [0.1, 0.15) is 345 Å². The number of halogens is 2. The molecule has 0 aliphatic carbocycles. The van der Waals surface area contributed by atoms with E-state index in [9.17, 15) is 0 Å². The van der Waals surface area contributed by atoms with Crippen LogP contribution in [0.4, 0.5) is 0 Å². The lowest BCUT2D eigenvalue weighted by molar-refractivity contribution is -0.124. The molecule has 2 aliphatic rings. The minimum Gasteiger partial charge on any atom is -0.306 e. The van der Waals surface area contributed by atoms with E-state index in [1.54, 1.807) is 22.7 Å². The fourth-order valence-electron chi connectivity index (χ4n) is 13.8. The van der Waals surface area contributed by atoms with Gasteiger partial charge in [-0.25, -0.2) is 0 Å². The summed E-state index contributed by atoms with van der Waals surface area (Å²) in [6.45, 7) is 15.2. The number of fused-ring (bicyclic) bond motifs is 1. The molecule has 2 amide bonds. The van der Waals surface area contributed by atoms with Crippen molar-refractivity contribution in [2.24, 2.45) is 11.8 Å². The van der Waals surface area contributed by atoms with Crippen LogP contribution in [0, 0.1) is 11.8 Å². The van der Waals surface area contributed by atoms with Crippen molar-refractivity contribution in [3.63, 3.8) is 0 Å². The number of amides is 2. The molecule has 6 heterocycles. The number of nitrogens with zero attached hydrogens (tertiary/aromatic N) is 2. The molecule has 2 atom stereocenters. The molecule has 0 spiro atoms. The van der Waals surface area contributed by atoms with Crippen molar-refractivity contribution in [2.75, 3.05) is 13.1 Å². The molecule has 0 N–H and O–H groups in total. The molecule has 2 aliphatic heterocycles. The Kier molecular flexibility index (Phi) is 38.2. The summed E-state index contributed by atoms with van der Waals surface area (Å²) in [5, 5.41) is 0. The Morgan fingerprint density at radius 2 is 0.568 bits per heavy atom. The molecule has 0 fully saturated rings. The summed E-state index contributed by atoms with van der Waals surface area (Å²) in [7, 11) is 0. The lowest BCUT2D eigenvalue weighted by Gasteiger charge is -2.29. The third-order valence-electron chi connectivity index (χ3n) is 19.2. The molecular weight excluding hydrogens is 1280 g/mol. The van der Waals surface area contributed by atoms with Crippen LogP contribution < -0.4 is 0 Å². The quantitative estimate of drug-likeness (QED) is 0.0413. The maximum atomic E-state index is 16.2. The van der Waals surface area contributed by atoms with Crippen molar-refractivity contribution >= 4 is 100 Å². The average Bonchev–Trinajstić information content (AvgIpc) is 1.58. The molecule has 0 saturated heterocycles. The Balaban J connectivity index is 1.36. The van der Waals surface area contributed by atoms with Gasteiger partial charge in [-0.3, -0.25) is 9.59 Å². The van der Waals surface area contributed by atoms with E-state index < -0.39 is 0 Å².